The van der Waals surface area contributed by atoms with E-state index in [2.05, 4.69) is 28.8 Å². The van der Waals surface area contributed by atoms with Crippen LogP contribution in [-0.4, -0.2) is 35.3 Å². The molecule has 0 saturated heterocycles. The standard InChI is InChI=1S/C20H24N6O/c1-14(2)7-19-22-9-15-11-26(12-17(15)24-19)20(27)18(25-5-3-4-6-25)8-16-10-21-13-23-16/h3-6,9-10,13-14,18H,7-8,11-12H2,1-2H3,(H,21,23). The minimum absolute atomic E-state index is 0.0872. The van der Waals surface area contributed by atoms with Crippen LogP contribution in [0.3, 0.4) is 0 Å². The molecule has 3 aromatic heterocycles. The van der Waals surface area contributed by atoms with Gasteiger partial charge in [0.05, 0.1) is 18.6 Å². The highest BCUT2D eigenvalue weighted by Gasteiger charge is 2.31. The molecular formula is C20H24N6O. The van der Waals surface area contributed by atoms with E-state index in [1.807, 2.05) is 40.2 Å². The van der Waals surface area contributed by atoms with Crippen LogP contribution < -0.4 is 0 Å². The van der Waals surface area contributed by atoms with Gasteiger partial charge in [0, 0.05) is 55.4 Å². The van der Waals surface area contributed by atoms with Crippen LogP contribution in [0, 0.1) is 5.92 Å². The van der Waals surface area contributed by atoms with E-state index in [-0.39, 0.29) is 11.9 Å². The highest BCUT2D eigenvalue weighted by atomic mass is 16.2. The predicted octanol–water partition coefficient (Wildman–Crippen LogP) is 2.53. The molecule has 1 N–H and O–H groups in total. The second kappa shape index (κ2) is 7.34. The summed E-state index contributed by atoms with van der Waals surface area (Å²) in [6, 6.07) is 3.57. The first-order chi connectivity index (χ1) is 13.1. The molecule has 27 heavy (non-hydrogen) atoms. The molecule has 0 aromatic carbocycles. The fourth-order valence-electron chi connectivity index (χ4n) is 3.51. The largest absolute Gasteiger partial charge is 0.348 e. The van der Waals surface area contributed by atoms with Crippen LogP contribution >= 0.6 is 0 Å². The fraction of sp³-hybridized carbons (Fsp3) is 0.400. The molecule has 1 aliphatic rings. The summed E-state index contributed by atoms with van der Waals surface area (Å²) >= 11 is 0. The summed E-state index contributed by atoms with van der Waals surface area (Å²) in [5.41, 5.74) is 2.96. The Morgan fingerprint density at radius 3 is 2.70 bits per heavy atom. The van der Waals surface area contributed by atoms with E-state index in [4.69, 9.17) is 4.98 Å². The maximum atomic E-state index is 13.3. The van der Waals surface area contributed by atoms with Crippen molar-refractivity contribution in [1.82, 2.24) is 29.4 Å². The third kappa shape index (κ3) is 3.77. The van der Waals surface area contributed by atoms with E-state index in [0.717, 1.165) is 29.2 Å². The molecule has 7 heteroatoms. The quantitative estimate of drug-likeness (QED) is 0.729. The van der Waals surface area contributed by atoms with E-state index in [1.165, 1.54) is 0 Å². The van der Waals surface area contributed by atoms with Crippen molar-refractivity contribution < 1.29 is 4.79 Å². The number of aromatic nitrogens is 5. The second-order valence-corrected chi connectivity index (χ2v) is 7.48. The lowest BCUT2D eigenvalue weighted by Gasteiger charge is -2.24. The summed E-state index contributed by atoms with van der Waals surface area (Å²) in [6.07, 6.45) is 10.6. The lowest BCUT2D eigenvalue weighted by molar-refractivity contribution is -0.135. The molecule has 1 aliphatic heterocycles. The van der Waals surface area contributed by atoms with Gasteiger partial charge in [0.1, 0.15) is 11.9 Å². The van der Waals surface area contributed by atoms with Gasteiger partial charge in [-0.25, -0.2) is 15.0 Å². The summed E-state index contributed by atoms with van der Waals surface area (Å²) in [5.74, 6) is 1.45. The van der Waals surface area contributed by atoms with Crippen molar-refractivity contribution in [2.45, 2.75) is 45.8 Å². The van der Waals surface area contributed by atoms with Crippen LogP contribution in [0.2, 0.25) is 0 Å². The molecule has 7 nitrogen and oxygen atoms in total. The zero-order chi connectivity index (χ0) is 18.8. The number of carbonyl (C=O) groups is 1. The molecule has 1 atom stereocenters. The molecule has 4 rings (SSSR count). The number of carbonyl (C=O) groups excluding carboxylic acids is 1. The zero-order valence-electron chi connectivity index (χ0n) is 15.7. The molecule has 0 saturated carbocycles. The molecule has 1 unspecified atom stereocenters. The topological polar surface area (TPSA) is 79.7 Å². The fourth-order valence-corrected chi connectivity index (χ4v) is 3.51. The molecule has 0 spiro atoms. The van der Waals surface area contributed by atoms with Gasteiger partial charge in [-0.1, -0.05) is 13.8 Å². The van der Waals surface area contributed by atoms with E-state index >= 15 is 0 Å². The molecule has 0 bridgehead atoms. The highest BCUT2D eigenvalue weighted by Crippen LogP contribution is 2.25. The van der Waals surface area contributed by atoms with Gasteiger partial charge in [-0.15, -0.1) is 0 Å². The predicted molar refractivity (Wildman–Crippen MR) is 101 cm³/mol. The highest BCUT2D eigenvalue weighted by molar-refractivity contribution is 5.81. The normalized spacial score (nSPS) is 14.6. The van der Waals surface area contributed by atoms with Crippen molar-refractivity contribution in [3.05, 3.63) is 66.0 Å². The Bertz CT molecular complexity index is 901. The Kier molecular flexibility index (Phi) is 4.75. The monoisotopic (exact) mass is 364 g/mol. The summed E-state index contributed by atoms with van der Waals surface area (Å²) in [6.45, 7) is 5.42. The number of rotatable bonds is 6. The van der Waals surface area contributed by atoms with Gasteiger partial charge in [0.2, 0.25) is 5.91 Å². The van der Waals surface area contributed by atoms with Crippen molar-refractivity contribution in [2.75, 3.05) is 0 Å². The van der Waals surface area contributed by atoms with E-state index < -0.39 is 0 Å². The Morgan fingerprint density at radius 2 is 2.00 bits per heavy atom. The molecular weight excluding hydrogens is 340 g/mol. The van der Waals surface area contributed by atoms with Crippen molar-refractivity contribution >= 4 is 5.91 Å². The van der Waals surface area contributed by atoms with E-state index in [1.54, 1.807) is 12.5 Å². The van der Waals surface area contributed by atoms with Crippen LogP contribution in [-0.2, 0) is 30.7 Å². The molecule has 0 aliphatic carbocycles. The molecule has 4 heterocycles. The van der Waals surface area contributed by atoms with Gasteiger partial charge >= 0.3 is 0 Å². The second-order valence-electron chi connectivity index (χ2n) is 7.48. The molecule has 0 fully saturated rings. The Balaban J connectivity index is 1.53. The van der Waals surface area contributed by atoms with Crippen LogP contribution in [0.1, 0.15) is 42.7 Å². The van der Waals surface area contributed by atoms with E-state index in [9.17, 15) is 4.79 Å². The summed E-state index contributed by atoms with van der Waals surface area (Å²) in [7, 11) is 0. The number of amides is 1. The van der Waals surface area contributed by atoms with Crippen molar-refractivity contribution in [3.8, 4) is 0 Å². The van der Waals surface area contributed by atoms with Gasteiger partial charge in [-0.2, -0.15) is 0 Å². The van der Waals surface area contributed by atoms with E-state index in [0.29, 0.717) is 25.4 Å². The summed E-state index contributed by atoms with van der Waals surface area (Å²) in [5, 5.41) is 0. The minimum atomic E-state index is -0.308. The average Bonchev–Trinajstić information content (AvgIpc) is 3.38. The van der Waals surface area contributed by atoms with Gasteiger partial charge in [-0.3, -0.25) is 4.79 Å². The number of hydrogen-bond acceptors (Lipinski definition) is 4. The SMILES string of the molecule is CC(C)Cc1ncc2c(n1)CN(C(=O)C(Cc1cnc[nH]1)n1cccc1)C2. The van der Waals surface area contributed by atoms with Gasteiger partial charge in [-0.05, 0) is 18.1 Å². The first-order valence-corrected chi connectivity index (χ1v) is 9.32. The number of aromatic amines is 1. The summed E-state index contributed by atoms with van der Waals surface area (Å²) in [4.78, 5) is 31.5. The Hall–Kier alpha value is -2.96. The van der Waals surface area contributed by atoms with Crippen LogP contribution in [0.5, 0.6) is 0 Å². The Labute approximate surface area is 158 Å². The number of nitrogens with zero attached hydrogens (tertiary/aromatic N) is 5. The summed E-state index contributed by atoms with van der Waals surface area (Å²) < 4.78 is 1.96. The van der Waals surface area contributed by atoms with Gasteiger partial charge < -0.3 is 14.5 Å². The van der Waals surface area contributed by atoms with Crippen LogP contribution in [0.15, 0.2) is 43.2 Å². The van der Waals surface area contributed by atoms with Crippen molar-refractivity contribution in [3.63, 3.8) is 0 Å². The smallest absolute Gasteiger partial charge is 0.246 e. The van der Waals surface area contributed by atoms with Crippen LogP contribution in [0.25, 0.3) is 0 Å². The average molecular weight is 364 g/mol. The first kappa shape index (κ1) is 17.5. The van der Waals surface area contributed by atoms with Crippen molar-refractivity contribution in [2.24, 2.45) is 5.92 Å². The zero-order valence-corrected chi connectivity index (χ0v) is 15.7. The third-order valence-electron chi connectivity index (χ3n) is 4.85. The molecule has 0 radical (unpaired) electrons. The van der Waals surface area contributed by atoms with Crippen LogP contribution in [0.4, 0.5) is 0 Å². The van der Waals surface area contributed by atoms with Gasteiger partial charge in [0.25, 0.3) is 0 Å². The number of imidazole rings is 1. The molecule has 1 amide bonds. The molecule has 3 aromatic rings. The maximum absolute atomic E-state index is 13.3. The number of fused-ring (bicyclic) bond motifs is 1. The van der Waals surface area contributed by atoms with Gasteiger partial charge in [0.15, 0.2) is 0 Å². The Morgan fingerprint density at radius 1 is 1.19 bits per heavy atom. The maximum Gasteiger partial charge on any atom is 0.246 e. The lowest BCUT2D eigenvalue weighted by atomic mass is 10.1. The number of nitrogens with one attached hydrogen (secondary N) is 1. The lowest BCUT2D eigenvalue weighted by Crippen LogP contribution is -2.34. The first-order valence-electron chi connectivity index (χ1n) is 9.32. The minimum Gasteiger partial charge on any atom is -0.348 e. The number of hydrogen-bond donors (Lipinski definition) is 1. The molecule has 140 valence electrons. The third-order valence-corrected chi connectivity index (χ3v) is 4.85. The van der Waals surface area contributed by atoms with Crippen molar-refractivity contribution in [1.29, 1.82) is 0 Å². The number of H-pyrrole nitrogens is 1.